The molecule has 0 aliphatic carbocycles. The number of rotatable bonds is 4. The summed E-state index contributed by atoms with van der Waals surface area (Å²) >= 11 is 0. The summed E-state index contributed by atoms with van der Waals surface area (Å²) in [4.78, 5) is 14.3. The second-order valence-electron chi connectivity index (χ2n) is 11.8. The predicted molar refractivity (Wildman–Crippen MR) is 189 cm³/mol. The van der Waals surface area contributed by atoms with Crippen LogP contribution in [0.1, 0.15) is 11.6 Å². The summed E-state index contributed by atoms with van der Waals surface area (Å²) < 4.78 is 4.67. The number of nitrogens with zero attached hydrogens (tertiary/aromatic N) is 5. The molecule has 46 heavy (non-hydrogen) atoms. The summed E-state index contributed by atoms with van der Waals surface area (Å²) in [5, 5.41) is 4.70. The number of aromatic nitrogens is 5. The van der Waals surface area contributed by atoms with Gasteiger partial charge in [-0.25, -0.2) is 4.98 Å². The SMILES string of the molecule is Cc1nc(C)nc(-n2c3ccccc3c3ccc4c5ccccc5n(-c5ccc(-c6ccccc6)cc5-c5ccccc5)c4c32)n1. The van der Waals surface area contributed by atoms with E-state index in [1.165, 1.54) is 21.9 Å². The molecule has 0 spiro atoms. The normalized spacial score (nSPS) is 11.7. The largest absolute Gasteiger partial charge is 0.307 e. The van der Waals surface area contributed by atoms with Crippen LogP contribution in [0.5, 0.6) is 0 Å². The average Bonchev–Trinajstić information content (AvgIpc) is 3.61. The zero-order valence-electron chi connectivity index (χ0n) is 25.5. The van der Waals surface area contributed by atoms with Crippen LogP contribution in [0.25, 0.3) is 77.5 Å². The maximum absolute atomic E-state index is 4.88. The number of aryl methyl sites for hydroxylation is 2. The Balaban J connectivity index is 1.48. The molecular formula is C41H29N5. The van der Waals surface area contributed by atoms with Crippen molar-refractivity contribution in [3.8, 4) is 33.9 Å². The number of fused-ring (bicyclic) bond motifs is 7. The van der Waals surface area contributed by atoms with Gasteiger partial charge in [-0.15, -0.1) is 0 Å². The summed E-state index contributed by atoms with van der Waals surface area (Å²) in [5.74, 6) is 2.02. The van der Waals surface area contributed by atoms with Gasteiger partial charge in [-0.05, 0) is 54.8 Å². The molecule has 0 unspecified atom stereocenters. The first-order valence-electron chi connectivity index (χ1n) is 15.6. The van der Waals surface area contributed by atoms with E-state index in [0.717, 1.165) is 49.7 Å². The number of benzene rings is 6. The smallest absolute Gasteiger partial charge is 0.238 e. The van der Waals surface area contributed by atoms with Crippen LogP contribution in [0.3, 0.4) is 0 Å². The van der Waals surface area contributed by atoms with Crippen LogP contribution in [-0.4, -0.2) is 24.1 Å². The van der Waals surface area contributed by atoms with E-state index in [4.69, 9.17) is 9.97 Å². The lowest BCUT2D eigenvalue weighted by molar-refractivity contribution is 0.864. The van der Waals surface area contributed by atoms with Crippen molar-refractivity contribution in [1.82, 2.24) is 24.1 Å². The fraction of sp³-hybridized carbons (Fsp3) is 0.0488. The van der Waals surface area contributed by atoms with Gasteiger partial charge in [0.2, 0.25) is 5.95 Å². The van der Waals surface area contributed by atoms with Gasteiger partial charge in [0.15, 0.2) is 0 Å². The van der Waals surface area contributed by atoms with Gasteiger partial charge < -0.3 is 4.57 Å². The van der Waals surface area contributed by atoms with Crippen LogP contribution in [0.15, 0.2) is 140 Å². The van der Waals surface area contributed by atoms with Crippen molar-refractivity contribution in [2.45, 2.75) is 13.8 Å². The van der Waals surface area contributed by atoms with Gasteiger partial charge >= 0.3 is 0 Å². The minimum absolute atomic E-state index is 0.628. The lowest BCUT2D eigenvalue weighted by Gasteiger charge is -2.17. The highest BCUT2D eigenvalue weighted by molar-refractivity contribution is 6.23. The fourth-order valence-corrected chi connectivity index (χ4v) is 7.05. The van der Waals surface area contributed by atoms with Crippen LogP contribution >= 0.6 is 0 Å². The van der Waals surface area contributed by atoms with Crippen molar-refractivity contribution in [2.24, 2.45) is 0 Å². The van der Waals surface area contributed by atoms with Crippen LogP contribution in [0, 0.1) is 13.8 Å². The lowest BCUT2D eigenvalue weighted by atomic mass is 9.97. The number of para-hydroxylation sites is 2. The molecule has 218 valence electrons. The van der Waals surface area contributed by atoms with E-state index in [1.807, 2.05) is 13.8 Å². The minimum atomic E-state index is 0.628. The zero-order valence-corrected chi connectivity index (χ0v) is 25.5. The summed E-state index contributed by atoms with van der Waals surface area (Å²) in [5.41, 5.74) is 10.2. The third-order valence-electron chi connectivity index (χ3n) is 8.95. The molecular weight excluding hydrogens is 562 g/mol. The molecule has 0 N–H and O–H groups in total. The molecule has 3 aromatic heterocycles. The molecule has 0 radical (unpaired) electrons. The highest BCUT2D eigenvalue weighted by atomic mass is 15.2. The Hall–Kier alpha value is -6.07. The van der Waals surface area contributed by atoms with Crippen LogP contribution < -0.4 is 0 Å². The number of hydrogen-bond donors (Lipinski definition) is 0. The molecule has 9 rings (SSSR count). The Morgan fingerprint density at radius 1 is 0.413 bits per heavy atom. The first-order valence-corrected chi connectivity index (χ1v) is 15.6. The second kappa shape index (κ2) is 10.2. The van der Waals surface area contributed by atoms with E-state index < -0.39 is 0 Å². The van der Waals surface area contributed by atoms with E-state index in [1.54, 1.807) is 0 Å². The number of hydrogen-bond acceptors (Lipinski definition) is 3. The second-order valence-corrected chi connectivity index (χ2v) is 11.8. The quantitative estimate of drug-likeness (QED) is 0.205. The minimum Gasteiger partial charge on any atom is -0.307 e. The van der Waals surface area contributed by atoms with Gasteiger partial charge in [0.25, 0.3) is 0 Å². The summed E-state index contributed by atoms with van der Waals surface area (Å²) in [7, 11) is 0. The molecule has 0 aliphatic rings. The topological polar surface area (TPSA) is 48.5 Å². The van der Waals surface area contributed by atoms with Crippen LogP contribution in [0.2, 0.25) is 0 Å². The van der Waals surface area contributed by atoms with Gasteiger partial charge in [-0.3, -0.25) is 4.57 Å². The molecule has 0 saturated carbocycles. The van der Waals surface area contributed by atoms with Crippen molar-refractivity contribution in [3.63, 3.8) is 0 Å². The van der Waals surface area contributed by atoms with Crippen molar-refractivity contribution in [3.05, 3.63) is 151 Å². The Bertz CT molecular complexity index is 2570. The molecule has 3 heterocycles. The average molecular weight is 592 g/mol. The van der Waals surface area contributed by atoms with Gasteiger partial charge in [-0.2, -0.15) is 9.97 Å². The Kier molecular flexibility index (Phi) is 5.87. The van der Waals surface area contributed by atoms with E-state index in [-0.39, 0.29) is 0 Å². The summed E-state index contributed by atoms with van der Waals surface area (Å²) in [6.07, 6.45) is 0. The summed E-state index contributed by atoms with van der Waals surface area (Å²) in [6.45, 7) is 3.86. The molecule has 5 nitrogen and oxygen atoms in total. The Labute approximate surface area is 266 Å². The standard InChI is InChI=1S/C41H29N5/c1-26-42-27(2)44-41(43-26)46-37-20-12-10-18-32(37)34-23-22-33-31-17-9-11-19-36(31)45(39(33)40(34)46)38-24-21-30(28-13-5-3-6-14-28)25-35(38)29-15-7-4-8-16-29/h3-25H,1-2H3. The third-order valence-corrected chi connectivity index (χ3v) is 8.95. The molecule has 0 amide bonds. The Morgan fingerprint density at radius 2 is 0.935 bits per heavy atom. The van der Waals surface area contributed by atoms with Gasteiger partial charge in [0.1, 0.15) is 11.6 Å². The molecule has 0 fully saturated rings. The first kappa shape index (κ1) is 26.3. The zero-order chi connectivity index (χ0) is 30.8. The van der Waals surface area contributed by atoms with E-state index >= 15 is 0 Å². The highest BCUT2D eigenvalue weighted by Crippen LogP contribution is 2.43. The van der Waals surface area contributed by atoms with Gasteiger partial charge in [0.05, 0.1) is 27.8 Å². The van der Waals surface area contributed by atoms with Crippen molar-refractivity contribution >= 4 is 43.6 Å². The maximum Gasteiger partial charge on any atom is 0.238 e. The van der Waals surface area contributed by atoms with Crippen molar-refractivity contribution in [1.29, 1.82) is 0 Å². The Morgan fingerprint density at radius 3 is 1.57 bits per heavy atom. The first-order chi connectivity index (χ1) is 22.7. The molecule has 0 saturated heterocycles. The molecule has 0 atom stereocenters. The molecule has 0 aliphatic heterocycles. The monoisotopic (exact) mass is 591 g/mol. The van der Waals surface area contributed by atoms with E-state index in [0.29, 0.717) is 17.6 Å². The van der Waals surface area contributed by atoms with E-state index in [2.05, 4.69) is 154 Å². The van der Waals surface area contributed by atoms with Crippen molar-refractivity contribution in [2.75, 3.05) is 0 Å². The molecule has 0 bridgehead atoms. The van der Waals surface area contributed by atoms with Crippen LogP contribution in [-0.2, 0) is 0 Å². The lowest BCUT2D eigenvalue weighted by Crippen LogP contribution is -2.07. The highest BCUT2D eigenvalue weighted by Gasteiger charge is 2.23. The molecule has 6 aromatic carbocycles. The maximum atomic E-state index is 4.88. The van der Waals surface area contributed by atoms with Crippen molar-refractivity contribution < 1.29 is 0 Å². The fourth-order valence-electron chi connectivity index (χ4n) is 7.05. The predicted octanol–water partition coefficient (Wildman–Crippen LogP) is 10.0. The third kappa shape index (κ3) is 3.99. The molecule has 9 aromatic rings. The summed E-state index contributed by atoms with van der Waals surface area (Å²) in [6, 6.07) is 49.9. The van der Waals surface area contributed by atoms with Crippen LogP contribution in [0.4, 0.5) is 0 Å². The molecule has 5 heteroatoms. The van der Waals surface area contributed by atoms with Gasteiger partial charge in [0, 0.05) is 27.1 Å². The van der Waals surface area contributed by atoms with Gasteiger partial charge in [-0.1, -0.05) is 115 Å². The van der Waals surface area contributed by atoms with E-state index in [9.17, 15) is 0 Å².